The van der Waals surface area contributed by atoms with Crippen LogP contribution in [0.15, 0.2) is 78.9 Å². The van der Waals surface area contributed by atoms with Crippen LogP contribution in [-0.2, 0) is 0 Å². The number of fused-ring (bicyclic) bond motifs is 1. The maximum atomic E-state index is 13.8. The molecule has 0 amide bonds. The molecule has 38 heavy (non-hydrogen) atoms. The van der Waals surface area contributed by atoms with E-state index in [9.17, 15) is 8.78 Å². The second kappa shape index (κ2) is 10.2. The molecule has 6 rings (SSSR count). The van der Waals surface area contributed by atoms with Crippen LogP contribution in [0.3, 0.4) is 0 Å². The van der Waals surface area contributed by atoms with Crippen LogP contribution >= 0.6 is 0 Å². The number of rotatable bonds is 8. The van der Waals surface area contributed by atoms with Gasteiger partial charge >= 0.3 is 0 Å². The molecule has 1 saturated heterocycles. The Morgan fingerprint density at radius 3 is 2.37 bits per heavy atom. The number of hydrogen-bond acceptors (Lipinski definition) is 3. The molecule has 5 heteroatoms. The summed E-state index contributed by atoms with van der Waals surface area (Å²) in [7, 11) is 0. The zero-order valence-electron chi connectivity index (χ0n) is 21.7. The van der Waals surface area contributed by atoms with Crippen LogP contribution in [0, 0.1) is 18.7 Å². The normalized spacial score (nSPS) is 18.8. The summed E-state index contributed by atoms with van der Waals surface area (Å²) in [5.41, 5.74) is 8.73. The molecule has 2 aliphatic heterocycles. The highest BCUT2D eigenvalue weighted by atomic mass is 19.1. The number of alkyl halides is 1. The quantitative estimate of drug-likeness (QED) is 0.314. The van der Waals surface area contributed by atoms with Crippen molar-refractivity contribution in [1.82, 2.24) is 4.90 Å². The first-order valence-corrected chi connectivity index (χ1v) is 13.2. The SMILES string of the molecule is CC1=C(c2ccc(F)cc2)C(c2ccc(OCCN3CC(CF)C3)cc2)Oc2cc(C)c(C3=CC=C3)cc21. The third kappa shape index (κ3) is 4.67. The number of nitrogens with zero attached hydrogens (tertiary/aromatic N) is 1. The van der Waals surface area contributed by atoms with Gasteiger partial charge in [-0.2, -0.15) is 0 Å². The highest BCUT2D eigenvalue weighted by molar-refractivity contribution is 5.97. The summed E-state index contributed by atoms with van der Waals surface area (Å²) in [5, 5.41) is 0. The number of ether oxygens (including phenoxy) is 2. The van der Waals surface area contributed by atoms with Gasteiger partial charge in [0.05, 0.1) is 6.67 Å². The molecule has 3 aliphatic rings. The van der Waals surface area contributed by atoms with E-state index in [1.165, 1.54) is 28.8 Å². The highest BCUT2D eigenvalue weighted by Crippen LogP contribution is 2.48. The molecule has 0 aromatic heterocycles. The molecule has 1 unspecified atom stereocenters. The largest absolute Gasteiger partial charge is 0.492 e. The number of allylic oxidation sites excluding steroid dienone is 5. The van der Waals surface area contributed by atoms with Gasteiger partial charge in [-0.05, 0) is 83.6 Å². The lowest BCUT2D eigenvalue weighted by Crippen LogP contribution is -2.49. The molecule has 0 bridgehead atoms. The number of likely N-dealkylation sites (tertiary alicyclic amines) is 1. The molecule has 0 spiro atoms. The molecule has 2 heterocycles. The van der Waals surface area contributed by atoms with Crippen LogP contribution in [0.2, 0.25) is 0 Å². The van der Waals surface area contributed by atoms with Crippen molar-refractivity contribution in [2.24, 2.45) is 5.92 Å². The van der Waals surface area contributed by atoms with E-state index in [-0.39, 0.29) is 24.5 Å². The van der Waals surface area contributed by atoms with Crippen molar-refractivity contribution >= 4 is 16.7 Å². The van der Waals surface area contributed by atoms with Crippen LogP contribution in [0.25, 0.3) is 16.7 Å². The van der Waals surface area contributed by atoms with E-state index in [2.05, 4.69) is 43.0 Å². The van der Waals surface area contributed by atoms with Crippen molar-refractivity contribution in [2.75, 3.05) is 32.9 Å². The van der Waals surface area contributed by atoms with Gasteiger partial charge in [-0.25, -0.2) is 4.39 Å². The Hall–Kier alpha value is -3.70. The van der Waals surface area contributed by atoms with Gasteiger partial charge in [0.15, 0.2) is 0 Å². The fourth-order valence-electron chi connectivity index (χ4n) is 5.50. The smallest absolute Gasteiger partial charge is 0.150 e. The maximum Gasteiger partial charge on any atom is 0.150 e. The summed E-state index contributed by atoms with van der Waals surface area (Å²) in [5.74, 6) is 1.57. The van der Waals surface area contributed by atoms with Crippen LogP contribution in [0.1, 0.15) is 40.8 Å². The Balaban J connectivity index is 1.28. The van der Waals surface area contributed by atoms with E-state index in [1.54, 1.807) is 0 Å². The molecule has 0 N–H and O–H groups in total. The second-order valence-corrected chi connectivity index (χ2v) is 10.4. The fraction of sp³-hybridized carbons (Fsp3) is 0.273. The van der Waals surface area contributed by atoms with Crippen LogP contribution < -0.4 is 9.47 Å². The third-order valence-electron chi connectivity index (χ3n) is 7.77. The summed E-state index contributed by atoms with van der Waals surface area (Å²) < 4.78 is 39.1. The minimum Gasteiger partial charge on any atom is -0.492 e. The Bertz CT molecular complexity index is 1430. The average Bonchev–Trinajstić information content (AvgIpc) is 2.86. The molecule has 1 aliphatic carbocycles. The molecular formula is C33H31F2NO2. The van der Waals surface area contributed by atoms with Crippen molar-refractivity contribution in [1.29, 1.82) is 0 Å². The lowest BCUT2D eigenvalue weighted by molar-refractivity contribution is 0.0668. The van der Waals surface area contributed by atoms with Gasteiger partial charge < -0.3 is 9.47 Å². The minimum atomic E-state index is -0.339. The van der Waals surface area contributed by atoms with E-state index >= 15 is 0 Å². The van der Waals surface area contributed by atoms with Crippen molar-refractivity contribution in [3.8, 4) is 11.5 Å². The van der Waals surface area contributed by atoms with E-state index in [1.807, 2.05) is 42.5 Å². The van der Waals surface area contributed by atoms with Crippen molar-refractivity contribution in [3.63, 3.8) is 0 Å². The highest BCUT2D eigenvalue weighted by Gasteiger charge is 2.30. The lowest BCUT2D eigenvalue weighted by atomic mass is 9.84. The van der Waals surface area contributed by atoms with Crippen LogP contribution in [-0.4, -0.2) is 37.8 Å². The van der Waals surface area contributed by atoms with Gasteiger partial charge in [-0.15, -0.1) is 0 Å². The summed E-state index contributed by atoms with van der Waals surface area (Å²) in [6, 6.07) is 19.0. The zero-order valence-corrected chi connectivity index (χ0v) is 21.7. The van der Waals surface area contributed by atoms with Crippen LogP contribution in [0.4, 0.5) is 8.78 Å². The standard InChI is InChI=1S/C33H31F2NO2/c1-21-16-31-30(17-29(21)24-4-3-5-24)22(2)32(25-6-10-27(35)11-7-25)33(38-31)26-8-12-28(13-9-26)37-15-14-36-19-23(18-34)20-36/h3-13,16-17,23,33H,14-15,18-20H2,1-2H3. The first-order valence-electron chi connectivity index (χ1n) is 13.2. The van der Waals surface area contributed by atoms with E-state index in [4.69, 9.17) is 9.47 Å². The number of hydrogen-bond donors (Lipinski definition) is 0. The maximum absolute atomic E-state index is 13.8. The van der Waals surface area contributed by atoms with Gasteiger partial charge in [0.1, 0.15) is 30.0 Å². The third-order valence-corrected chi connectivity index (χ3v) is 7.77. The molecule has 1 fully saturated rings. The van der Waals surface area contributed by atoms with Gasteiger partial charge in [0, 0.05) is 36.7 Å². The minimum absolute atomic E-state index is 0.184. The molecule has 3 nitrogen and oxygen atoms in total. The molecule has 0 radical (unpaired) electrons. The van der Waals surface area contributed by atoms with Gasteiger partial charge in [0.2, 0.25) is 0 Å². The number of aryl methyl sites for hydroxylation is 1. The Morgan fingerprint density at radius 2 is 1.71 bits per heavy atom. The molecule has 3 aromatic rings. The van der Waals surface area contributed by atoms with Crippen molar-refractivity contribution in [3.05, 3.63) is 113 Å². The molecular weight excluding hydrogens is 480 g/mol. The predicted molar refractivity (Wildman–Crippen MR) is 148 cm³/mol. The lowest BCUT2D eigenvalue weighted by Gasteiger charge is -2.37. The Labute approximate surface area is 222 Å². The van der Waals surface area contributed by atoms with E-state index in [0.717, 1.165) is 59.0 Å². The predicted octanol–water partition coefficient (Wildman–Crippen LogP) is 7.43. The summed E-state index contributed by atoms with van der Waals surface area (Å²) >= 11 is 0. The zero-order chi connectivity index (χ0) is 26.2. The van der Waals surface area contributed by atoms with Gasteiger partial charge in [-0.1, -0.05) is 42.5 Å². The number of benzene rings is 3. The van der Waals surface area contributed by atoms with Crippen LogP contribution in [0.5, 0.6) is 11.5 Å². The molecule has 1 atom stereocenters. The Morgan fingerprint density at radius 1 is 0.974 bits per heavy atom. The average molecular weight is 512 g/mol. The van der Waals surface area contributed by atoms with Crippen molar-refractivity contribution < 1.29 is 18.3 Å². The summed E-state index contributed by atoms with van der Waals surface area (Å²) in [4.78, 5) is 2.21. The van der Waals surface area contributed by atoms with Gasteiger partial charge in [-0.3, -0.25) is 9.29 Å². The summed E-state index contributed by atoms with van der Waals surface area (Å²) in [6.45, 7) is 6.98. The second-order valence-electron chi connectivity index (χ2n) is 10.4. The topological polar surface area (TPSA) is 21.7 Å². The summed E-state index contributed by atoms with van der Waals surface area (Å²) in [6.07, 6.45) is 5.95. The number of halogens is 2. The van der Waals surface area contributed by atoms with E-state index < -0.39 is 0 Å². The first kappa shape index (κ1) is 24.6. The monoisotopic (exact) mass is 511 g/mol. The molecule has 0 saturated carbocycles. The Kier molecular flexibility index (Phi) is 6.62. The van der Waals surface area contributed by atoms with Crippen molar-refractivity contribution in [2.45, 2.75) is 20.0 Å². The van der Waals surface area contributed by atoms with E-state index in [0.29, 0.717) is 6.61 Å². The fourth-order valence-corrected chi connectivity index (χ4v) is 5.50. The van der Waals surface area contributed by atoms with Gasteiger partial charge in [0.25, 0.3) is 0 Å². The molecule has 194 valence electrons. The first-order chi connectivity index (χ1) is 18.5. The molecule has 3 aromatic carbocycles.